The molecule has 0 aliphatic carbocycles. The van der Waals surface area contributed by atoms with Crippen molar-refractivity contribution in [1.29, 1.82) is 0 Å². The first kappa shape index (κ1) is 11.8. The Balaban J connectivity index is 2.46. The molecule has 0 aliphatic rings. The van der Waals surface area contributed by atoms with E-state index in [9.17, 15) is 9.50 Å². The molecule has 2 aromatic rings. The second-order valence-electron chi connectivity index (χ2n) is 3.48. The van der Waals surface area contributed by atoms with Crippen LogP contribution in [0.4, 0.5) is 4.39 Å². The van der Waals surface area contributed by atoms with E-state index in [1.807, 2.05) is 18.4 Å². The fraction of sp³-hybridized carbons (Fsp3) is 0.167. The number of aliphatic hydroxyl groups excluding tert-OH is 1. The number of halogens is 2. The molecule has 84 valence electrons. The molecule has 1 N–H and O–H groups in total. The minimum Gasteiger partial charge on any atom is -0.384 e. The molecular formula is C12H10BrFOS. The van der Waals surface area contributed by atoms with E-state index in [4.69, 9.17) is 0 Å². The van der Waals surface area contributed by atoms with E-state index in [0.29, 0.717) is 10.0 Å². The van der Waals surface area contributed by atoms with E-state index in [2.05, 4.69) is 15.9 Å². The molecule has 0 spiro atoms. The lowest BCUT2D eigenvalue weighted by Crippen LogP contribution is -2.01. The molecule has 2 rings (SSSR count). The molecule has 0 radical (unpaired) electrons. The molecule has 1 aromatic carbocycles. The number of hydrogen-bond acceptors (Lipinski definition) is 2. The Morgan fingerprint density at radius 3 is 2.69 bits per heavy atom. The van der Waals surface area contributed by atoms with E-state index in [-0.39, 0.29) is 5.82 Å². The lowest BCUT2D eigenvalue weighted by Gasteiger charge is -2.13. The highest BCUT2D eigenvalue weighted by molar-refractivity contribution is 9.10. The first-order valence-electron chi connectivity index (χ1n) is 4.77. The number of hydrogen-bond donors (Lipinski definition) is 1. The van der Waals surface area contributed by atoms with Gasteiger partial charge in [-0.05, 0) is 45.9 Å². The number of aryl methyl sites for hydroxylation is 1. The maximum atomic E-state index is 13.3. The zero-order valence-electron chi connectivity index (χ0n) is 8.58. The van der Waals surface area contributed by atoms with Crippen LogP contribution in [0.3, 0.4) is 0 Å². The normalized spacial score (nSPS) is 12.8. The maximum Gasteiger partial charge on any atom is 0.137 e. The Labute approximate surface area is 106 Å². The third-order valence-electron chi connectivity index (χ3n) is 2.47. The van der Waals surface area contributed by atoms with Gasteiger partial charge in [0.25, 0.3) is 0 Å². The van der Waals surface area contributed by atoms with E-state index < -0.39 is 6.10 Å². The summed E-state index contributed by atoms with van der Waals surface area (Å²) in [6.45, 7) is 1.94. The van der Waals surface area contributed by atoms with Crippen LogP contribution < -0.4 is 0 Å². The lowest BCUT2D eigenvalue weighted by molar-refractivity contribution is 0.218. The van der Waals surface area contributed by atoms with Gasteiger partial charge in [0.05, 0.1) is 4.47 Å². The second kappa shape index (κ2) is 4.65. The van der Waals surface area contributed by atoms with Crippen LogP contribution in [0, 0.1) is 12.7 Å². The molecule has 0 saturated heterocycles. The Kier molecular flexibility index (Phi) is 3.42. The molecule has 1 aromatic heterocycles. The smallest absolute Gasteiger partial charge is 0.137 e. The molecule has 1 nitrogen and oxygen atoms in total. The van der Waals surface area contributed by atoms with Crippen LogP contribution in [0.25, 0.3) is 0 Å². The topological polar surface area (TPSA) is 20.2 Å². The first-order chi connectivity index (χ1) is 7.61. The van der Waals surface area contributed by atoms with Crippen LogP contribution in [-0.4, -0.2) is 5.11 Å². The summed E-state index contributed by atoms with van der Waals surface area (Å²) in [7, 11) is 0. The van der Waals surface area contributed by atoms with Crippen molar-refractivity contribution in [2.24, 2.45) is 0 Å². The summed E-state index contributed by atoms with van der Waals surface area (Å²) in [6, 6.07) is 6.54. The fourth-order valence-corrected chi connectivity index (χ4v) is 2.79. The predicted octanol–water partition coefficient (Wildman–Crippen LogP) is 4.04. The molecule has 0 bridgehead atoms. The van der Waals surface area contributed by atoms with Crippen molar-refractivity contribution in [3.05, 3.63) is 55.9 Å². The third kappa shape index (κ3) is 2.05. The second-order valence-corrected chi connectivity index (χ2v) is 5.39. The monoisotopic (exact) mass is 300 g/mol. The van der Waals surface area contributed by atoms with E-state index in [1.165, 1.54) is 6.07 Å². The van der Waals surface area contributed by atoms with Gasteiger partial charge in [-0.3, -0.25) is 0 Å². The van der Waals surface area contributed by atoms with Gasteiger partial charge < -0.3 is 5.11 Å². The van der Waals surface area contributed by atoms with Gasteiger partial charge in [-0.15, -0.1) is 11.3 Å². The average molecular weight is 301 g/mol. The minimum absolute atomic E-state index is 0.327. The van der Waals surface area contributed by atoms with Crippen molar-refractivity contribution in [3.63, 3.8) is 0 Å². The van der Waals surface area contributed by atoms with Crippen LogP contribution >= 0.6 is 27.3 Å². The quantitative estimate of drug-likeness (QED) is 0.887. The Bertz CT molecular complexity index is 509. The van der Waals surface area contributed by atoms with Crippen LogP contribution in [0.1, 0.15) is 22.1 Å². The third-order valence-corrected chi connectivity index (χ3v) is 4.17. The van der Waals surface area contributed by atoms with Gasteiger partial charge in [-0.1, -0.05) is 12.1 Å². The van der Waals surface area contributed by atoms with Gasteiger partial charge in [0.15, 0.2) is 0 Å². The van der Waals surface area contributed by atoms with Crippen molar-refractivity contribution in [3.8, 4) is 0 Å². The van der Waals surface area contributed by atoms with E-state index in [0.717, 1.165) is 10.4 Å². The van der Waals surface area contributed by atoms with Gasteiger partial charge in [0.1, 0.15) is 11.9 Å². The average Bonchev–Trinajstić information content (AvgIpc) is 2.68. The number of benzene rings is 1. The highest BCUT2D eigenvalue weighted by Crippen LogP contribution is 2.33. The Morgan fingerprint density at radius 1 is 1.31 bits per heavy atom. The molecule has 0 saturated carbocycles. The summed E-state index contributed by atoms with van der Waals surface area (Å²) in [6.07, 6.45) is -0.781. The van der Waals surface area contributed by atoms with Gasteiger partial charge in [-0.2, -0.15) is 0 Å². The molecule has 4 heteroatoms. The highest BCUT2D eigenvalue weighted by Gasteiger charge is 2.17. The summed E-state index contributed by atoms with van der Waals surface area (Å²) >= 11 is 4.73. The number of thiophene rings is 1. The Morgan fingerprint density at radius 2 is 2.06 bits per heavy atom. The zero-order chi connectivity index (χ0) is 11.7. The van der Waals surface area contributed by atoms with Crippen molar-refractivity contribution < 1.29 is 9.50 Å². The summed E-state index contributed by atoms with van der Waals surface area (Å²) in [5.41, 5.74) is 1.39. The van der Waals surface area contributed by atoms with Crippen molar-refractivity contribution in [1.82, 2.24) is 0 Å². The van der Waals surface area contributed by atoms with E-state index >= 15 is 0 Å². The van der Waals surface area contributed by atoms with Gasteiger partial charge in [-0.25, -0.2) is 4.39 Å². The molecular weight excluding hydrogens is 291 g/mol. The molecule has 0 fully saturated rings. The predicted molar refractivity (Wildman–Crippen MR) is 67.2 cm³/mol. The molecule has 1 unspecified atom stereocenters. The molecule has 1 atom stereocenters. The van der Waals surface area contributed by atoms with Crippen molar-refractivity contribution in [2.45, 2.75) is 13.0 Å². The van der Waals surface area contributed by atoms with Crippen LogP contribution in [0.15, 0.2) is 34.1 Å². The minimum atomic E-state index is -0.781. The van der Waals surface area contributed by atoms with Gasteiger partial charge in [0.2, 0.25) is 0 Å². The lowest BCUT2D eigenvalue weighted by atomic mass is 10.0. The summed E-state index contributed by atoms with van der Waals surface area (Å²) in [5.74, 6) is -0.357. The zero-order valence-corrected chi connectivity index (χ0v) is 11.0. The molecule has 0 aliphatic heterocycles. The standard InChI is InChI=1S/C12H10BrFOS/c1-7-8(5-6-16-7)12(15)9-3-2-4-10(14)11(9)13/h2-6,12,15H,1H3. The molecule has 0 amide bonds. The summed E-state index contributed by atoms with van der Waals surface area (Å²) < 4.78 is 13.7. The van der Waals surface area contributed by atoms with Crippen molar-refractivity contribution in [2.75, 3.05) is 0 Å². The van der Waals surface area contributed by atoms with Crippen LogP contribution in [0.5, 0.6) is 0 Å². The Hall–Kier alpha value is -0.710. The fourth-order valence-electron chi connectivity index (χ4n) is 1.58. The molecule has 1 heterocycles. The maximum absolute atomic E-state index is 13.3. The first-order valence-corrected chi connectivity index (χ1v) is 6.44. The van der Waals surface area contributed by atoms with Gasteiger partial charge >= 0.3 is 0 Å². The highest BCUT2D eigenvalue weighted by atomic mass is 79.9. The van der Waals surface area contributed by atoms with Gasteiger partial charge in [0, 0.05) is 10.4 Å². The van der Waals surface area contributed by atoms with E-state index in [1.54, 1.807) is 23.5 Å². The van der Waals surface area contributed by atoms with Crippen molar-refractivity contribution >= 4 is 27.3 Å². The van der Waals surface area contributed by atoms with Crippen LogP contribution in [-0.2, 0) is 0 Å². The SMILES string of the molecule is Cc1sccc1C(O)c1cccc(F)c1Br. The summed E-state index contributed by atoms with van der Waals surface area (Å²) in [5, 5.41) is 12.1. The molecule has 16 heavy (non-hydrogen) atoms. The number of rotatable bonds is 2. The number of aliphatic hydroxyl groups is 1. The largest absolute Gasteiger partial charge is 0.384 e. The summed E-state index contributed by atoms with van der Waals surface area (Å²) in [4.78, 5) is 1.05. The van der Waals surface area contributed by atoms with Crippen LogP contribution in [0.2, 0.25) is 0 Å².